The van der Waals surface area contributed by atoms with Gasteiger partial charge in [-0.25, -0.2) is 4.79 Å². The minimum absolute atomic E-state index is 0.159. The first-order chi connectivity index (χ1) is 16.4. The second-order valence-corrected chi connectivity index (χ2v) is 7.77. The maximum absolute atomic E-state index is 13.4. The highest BCUT2D eigenvalue weighted by Crippen LogP contribution is 2.30. The van der Waals surface area contributed by atoms with Crippen LogP contribution in [0.15, 0.2) is 58.1 Å². The van der Waals surface area contributed by atoms with Gasteiger partial charge in [-0.05, 0) is 25.0 Å². The molecule has 4 rings (SSSR count). The summed E-state index contributed by atoms with van der Waals surface area (Å²) in [5, 5.41) is 9.64. The van der Waals surface area contributed by atoms with Crippen molar-refractivity contribution < 1.29 is 14.3 Å². The highest BCUT2D eigenvalue weighted by atomic mass is 16.5. The highest BCUT2D eigenvalue weighted by Gasteiger charge is 2.19. The fourth-order valence-corrected chi connectivity index (χ4v) is 3.79. The van der Waals surface area contributed by atoms with E-state index >= 15 is 0 Å². The Hall–Kier alpha value is -4.34. The first-order valence-corrected chi connectivity index (χ1v) is 10.7. The molecule has 0 spiro atoms. The molecular formula is C24H25N5O5. The molecule has 2 heterocycles. The largest absolute Gasteiger partial charge is 0.493 e. The third-order valence-electron chi connectivity index (χ3n) is 5.47. The average Bonchev–Trinajstić information content (AvgIpc) is 3.25. The van der Waals surface area contributed by atoms with Crippen molar-refractivity contribution in [3.63, 3.8) is 0 Å². The summed E-state index contributed by atoms with van der Waals surface area (Å²) < 4.78 is 13.1. The number of aromatic nitrogens is 4. The van der Waals surface area contributed by atoms with Crippen LogP contribution in [0.5, 0.6) is 11.5 Å². The molecule has 0 bridgehead atoms. The van der Waals surface area contributed by atoms with Gasteiger partial charge in [0.2, 0.25) is 5.91 Å². The molecule has 0 fully saturated rings. The molecule has 2 aromatic heterocycles. The number of aryl methyl sites for hydroxylation is 2. The number of methoxy groups -OCH3 is 2. The van der Waals surface area contributed by atoms with Gasteiger partial charge in [0.25, 0.3) is 5.56 Å². The molecule has 0 saturated carbocycles. The molecule has 0 aliphatic heterocycles. The first-order valence-electron chi connectivity index (χ1n) is 10.7. The third-order valence-corrected chi connectivity index (χ3v) is 5.47. The van der Waals surface area contributed by atoms with Gasteiger partial charge in [-0.3, -0.25) is 23.8 Å². The number of hydrogen-bond acceptors (Lipinski definition) is 6. The lowest BCUT2D eigenvalue weighted by molar-refractivity contribution is -0.116. The Kier molecular flexibility index (Phi) is 6.48. The SMILES string of the molecule is COc1cc2c(=O)n(CCc3ccccc3)c(=O)n(CC(=O)Nc3cc(C)[nH]n3)c2cc1OC. The summed E-state index contributed by atoms with van der Waals surface area (Å²) in [6.45, 7) is 1.65. The molecule has 0 atom stereocenters. The van der Waals surface area contributed by atoms with E-state index in [1.807, 2.05) is 37.3 Å². The van der Waals surface area contributed by atoms with Crippen molar-refractivity contribution in [1.82, 2.24) is 19.3 Å². The van der Waals surface area contributed by atoms with Gasteiger partial charge in [0, 0.05) is 24.4 Å². The maximum atomic E-state index is 13.4. The molecule has 0 aliphatic carbocycles. The molecule has 2 N–H and O–H groups in total. The molecule has 10 heteroatoms. The van der Waals surface area contributed by atoms with E-state index < -0.39 is 17.2 Å². The van der Waals surface area contributed by atoms with Crippen LogP contribution in [0.1, 0.15) is 11.3 Å². The Morgan fingerprint density at radius 3 is 2.38 bits per heavy atom. The molecule has 34 heavy (non-hydrogen) atoms. The molecule has 0 unspecified atom stereocenters. The number of H-pyrrole nitrogens is 1. The molecule has 10 nitrogen and oxygen atoms in total. The van der Waals surface area contributed by atoms with Crippen LogP contribution in [0, 0.1) is 6.92 Å². The van der Waals surface area contributed by atoms with Crippen LogP contribution in [0.2, 0.25) is 0 Å². The summed E-state index contributed by atoms with van der Waals surface area (Å²) in [7, 11) is 2.92. The van der Waals surface area contributed by atoms with E-state index in [1.165, 1.54) is 30.9 Å². The van der Waals surface area contributed by atoms with Gasteiger partial charge in [-0.15, -0.1) is 0 Å². The molecule has 0 saturated heterocycles. The van der Waals surface area contributed by atoms with E-state index in [4.69, 9.17) is 9.47 Å². The van der Waals surface area contributed by atoms with Crippen LogP contribution >= 0.6 is 0 Å². The number of anilines is 1. The van der Waals surface area contributed by atoms with Crippen LogP contribution in [0.3, 0.4) is 0 Å². The van der Waals surface area contributed by atoms with E-state index in [0.29, 0.717) is 23.7 Å². The van der Waals surface area contributed by atoms with Crippen molar-refractivity contribution in [3.8, 4) is 11.5 Å². The number of aromatic amines is 1. The Morgan fingerprint density at radius 2 is 1.74 bits per heavy atom. The highest BCUT2D eigenvalue weighted by molar-refractivity contribution is 5.91. The van der Waals surface area contributed by atoms with Crippen LogP contribution < -0.4 is 26.0 Å². The van der Waals surface area contributed by atoms with Gasteiger partial charge < -0.3 is 14.8 Å². The number of benzene rings is 2. The van der Waals surface area contributed by atoms with Gasteiger partial charge in [-0.1, -0.05) is 30.3 Å². The summed E-state index contributed by atoms with van der Waals surface area (Å²) in [4.78, 5) is 39.5. The Balaban J connectivity index is 1.80. The van der Waals surface area contributed by atoms with E-state index in [1.54, 1.807) is 6.07 Å². The summed E-state index contributed by atoms with van der Waals surface area (Å²) in [6, 6.07) is 14.3. The minimum atomic E-state index is -0.589. The number of rotatable bonds is 8. The van der Waals surface area contributed by atoms with Gasteiger partial charge in [0.15, 0.2) is 17.3 Å². The zero-order valence-electron chi connectivity index (χ0n) is 19.1. The quantitative estimate of drug-likeness (QED) is 0.413. The van der Waals surface area contributed by atoms with Gasteiger partial charge >= 0.3 is 5.69 Å². The van der Waals surface area contributed by atoms with Crippen molar-refractivity contribution >= 4 is 22.6 Å². The molecular weight excluding hydrogens is 438 g/mol. The number of amides is 1. The second-order valence-electron chi connectivity index (χ2n) is 7.77. The fourth-order valence-electron chi connectivity index (χ4n) is 3.79. The number of nitrogens with one attached hydrogen (secondary N) is 2. The van der Waals surface area contributed by atoms with Crippen molar-refractivity contribution in [2.45, 2.75) is 26.4 Å². The summed E-state index contributed by atoms with van der Waals surface area (Å²) >= 11 is 0. The Labute approximate surface area is 194 Å². The van der Waals surface area contributed by atoms with Crippen molar-refractivity contribution in [2.24, 2.45) is 0 Å². The summed E-state index contributed by atoms with van der Waals surface area (Å²) in [5.41, 5.74) is 0.992. The van der Waals surface area contributed by atoms with Crippen LogP contribution in [-0.2, 0) is 24.3 Å². The molecule has 2 aromatic carbocycles. The summed E-state index contributed by atoms with van der Waals surface area (Å²) in [6.07, 6.45) is 0.480. The molecule has 176 valence electrons. The third kappa shape index (κ3) is 4.56. The first kappa shape index (κ1) is 22.8. The number of fused-ring (bicyclic) bond motifs is 1. The van der Waals surface area contributed by atoms with Crippen molar-refractivity contribution in [3.05, 3.63) is 80.6 Å². The van der Waals surface area contributed by atoms with E-state index in [9.17, 15) is 14.4 Å². The lowest BCUT2D eigenvalue weighted by Crippen LogP contribution is -2.42. The lowest BCUT2D eigenvalue weighted by atomic mass is 10.1. The molecule has 4 aromatic rings. The number of carbonyl (C=O) groups is 1. The molecule has 0 aliphatic rings. The van der Waals surface area contributed by atoms with Crippen LogP contribution in [-0.4, -0.2) is 39.5 Å². The van der Waals surface area contributed by atoms with Gasteiger partial charge in [0.05, 0.1) is 25.1 Å². The van der Waals surface area contributed by atoms with Crippen molar-refractivity contribution in [1.29, 1.82) is 0 Å². The monoisotopic (exact) mass is 463 g/mol. The van der Waals surface area contributed by atoms with Gasteiger partial charge in [-0.2, -0.15) is 5.10 Å². The standard InChI is InChI=1S/C24H25N5O5/c1-15-11-21(27-26-15)25-22(30)14-29-18-13-20(34-3)19(33-2)12-17(18)23(31)28(24(29)32)10-9-16-7-5-4-6-8-16/h4-8,11-13H,9-10,14H2,1-3H3,(H2,25,26,27,30). The number of ether oxygens (including phenoxy) is 2. The number of hydrogen-bond donors (Lipinski definition) is 2. The number of carbonyl (C=O) groups excluding carboxylic acids is 1. The summed E-state index contributed by atoms with van der Waals surface area (Å²) in [5.74, 6) is 0.575. The topological polar surface area (TPSA) is 120 Å². The predicted molar refractivity (Wildman–Crippen MR) is 128 cm³/mol. The Morgan fingerprint density at radius 1 is 1.03 bits per heavy atom. The van der Waals surface area contributed by atoms with Crippen LogP contribution in [0.4, 0.5) is 5.82 Å². The van der Waals surface area contributed by atoms with E-state index in [2.05, 4.69) is 15.5 Å². The zero-order chi connectivity index (χ0) is 24.2. The lowest BCUT2D eigenvalue weighted by Gasteiger charge is -2.16. The van der Waals surface area contributed by atoms with Gasteiger partial charge in [0.1, 0.15) is 6.54 Å². The van der Waals surface area contributed by atoms with Crippen molar-refractivity contribution in [2.75, 3.05) is 19.5 Å². The predicted octanol–water partition coefficient (Wildman–Crippen LogP) is 2.09. The fraction of sp³-hybridized carbons (Fsp3) is 0.250. The van der Waals surface area contributed by atoms with E-state index in [0.717, 1.165) is 15.8 Å². The van der Waals surface area contributed by atoms with E-state index in [-0.39, 0.29) is 24.0 Å². The average molecular weight is 463 g/mol. The Bertz CT molecular complexity index is 1450. The maximum Gasteiger partial charge on any atom is 0.331 e. The molecule has 0 radical (unpaired) electrons. The minimum Gasteiger partial charge on any atom is -0.493 e. The smallest absolute Gasteiger partial charge is 0.331 e. The normalized spacial score (nSPS) is 10.9. The zero-order valence-corrected chi connectivity index (χ0v) is 19.1. The molecule has 1 amide bonds. The number of nitrogens with zero attached hydrogens (tertiary/aromatic N) is 3. The van der Waals surface area contributed by atoms with Crippen LogP contribution in [0.25, 0.3) is 10.9 Å². The second kappa shape index (κ2) is 9.65.